The van der Waals surface area contributed by atoms with Crippen LogP contribution in [0.25, 0.3) is 0 Å². The molecule has 2 aliphatic rings. The lowest BCUT2D eigenvalue weighted by Gasteiger charge is -2.30. The molecule has 0 saturated carbocycles. The number of sulfonamides is 1. The van der Waals surface area contributed by atoms with Gasteiger partial charge < -0.3 is 0 Å². The summed E-state index contributed by atoms with van der Waals surface area (Å²) in [5.74, 6) is -0.608. The Morgan fingerprint density at radius 2 is 1.54 bits per heavy atom. The molecule has 1 aromatic rings. The minimum atomic E-state index is -4.07. The van der Waals surface area contributed by atoms with Crippen molar-refractivity contribution in [2.24, 2.45) is 0 Å². The van der Waals surface area contributed by atoms with Crippen molar-refractivity contribution in [1.82, 2.24) is 9.84 Å². The lowest BCUT2D eigenvalue weighted by Crippen LogP contribution is -2.54. The number of hydrogen-bond acceptors (Lipinski definition) is 7. The Balaban J connectivity index is 1.93. The SMILES string of the molecule is O=S1(=O)CC[C@@H](NN([C@H]2CCS(=O)(=O)C2)S(=O)(=O)c2ccc(Cl)cc2)C1. The quantitative estimate of drug-likeness (QED) is 0.647. The fourth-order valence-electron chi connectivity index (χ4n) is 3.13. The van der Waals surface area contributed by atoms with E-state index >= 15 is 0 Å². The molecule has 2 aliphatic heterocycles. The number of halogens is 1. The Kier molecular flexibility index (Phi) is 5.41. The highest BCUT2D eigenvalue weighted by atomic mass is 35.5. The normalized spacial score (nSPS) is 27.8. The van der Waals surface area contributed by atoms with Gasteiger partial charge in [0, 0.05) is 11.1 Å². The standard InChI is InChI=1S/C14H19ClN2O6S3/c15-11-1-3-14(4-2-11)26(22,23)17(13-6-8-25(20,21)10-13)16-12-5-7-24(18,19)9-12/h1-4,12-13,16H,5-10H2/t12-,13+/m1/s1. The number of sulfone groups is 2. The summed E-state index contributed by atoms with van der Waals surface area (Å²) in [6, 6.07) is 4.16. The molecular weight excluding hydrogens is 424 g/mol. The van der Waals surface area contributed by atoms with Crippen molar-refractivity contribution in [2.75, 3.05) is 23.0 Å². The van der Waals surface area contributed by atoms with Gasteiger partial charge in [-0.15, -0.1) is 4.41 Å². The Morgan fingerprint density at radius 1 is 0.962 bits per heavy atom. The van der Waals surface area contributed by atoms with Crippen LogP contribution in [-0.4, -0.2) is 64.8 Å². The van der Waals surface area contributed by atoms with Gasteiger partial charge in [0.1, 0.15) is 0 Å². The van der Waals surface area contributed by atoms with E-state index in [0.29, 0.717) is 5.02 Å². The summed E-state index contributed by atoms with van der Waals surface area (Å²) >= 11 is 5.80. The second kappa shape index (κ2) is 7.02. The molecule has 3 rings (SSSR count). The predicted molar refractivity (Wildman–Crippen MR) is 97.7 cm³/mol. The number of hydrazine groups is 1. The summed E-state index contributed by atoms with van der Waals surface area (Å²) in [7, 11) is -10.6. The smallest absolute Gasteiger partial charge is 0.237 e. The van der Waals surface area contributed by atoms with Crippen molar-refractivity contribution >= 4 is 41.3 Å². The maximum Gasteiger partial charge on any atom is 0.256 e. The van der Waals surface area contributed by atoms with Gasteiger partial charge in [-0.2, -0.15) is 0 Å². The van der Waals surface area contributed by atoms with Gasteiger partial charge in [0.2, 0.25) is 0 Å². The topological polar surface area (TPSA) is 118 Å². The maximum absolute atomic E-state index is 13.1. The monoisotopic (exact) mass is 442 g/mol. The molecule has 0 spiro atoms. The third-order valence-electron chi connectivity index (χ3n) is 4.45. The molecule has 146 valence electrons. The van der Waals surface area contributed by atoms with E-state index in [0.717, 1.165) is 4.41 Å². The predicted octanol–water partition coefficient (Wildman–Crippen LogP) is 0.210. The average Bonchev–Trinajstić information content (AvgIpc) is 3.06. The maximum atomic E-state index is 13.1. The van der Waals surface area contributed by atoms with Gasteiger partial charge in [-0.05, 0) is 37.1 Å². The van der Waals surface area contributed by atoms with Gasteiger partial charge in [-0.3, -0.25) is 0 Å². The van der Waals surface area contributed by atoms with Gasteiger partial charge in [-0.1, -0.05) is 11.6 Å². The van der Waals surface area contributed by atoms with Gasteiger partial charge in [0.15, 0.2) is 19.7 Å². The number of rotatable bonds is 5. The van der Waals surface area contributed by atoms with E-state index in [1.54, 1.807) is 0 Å². The molecule has 2 saturated heterocycles. The Bertz CT molecular complexity index is 990. The van der Waals surface area contributed by atoms with Crippen LogP contribution in [0.2, 0.25) is 5.02 Å². The molecule has 0 radical (unpaired) electrons. The lowest BCUT2D eigenvalue weighted by molar-refractivity contribution is 0.229. The summed E-state index contributed by atoms with van der Waals surface area (Å²) in [5, 5.41) is 0.369. The first kappa shape index (κ1) is 20.0. The molecule has 26 heavy (non-hydrogen) atoms. The van der Waals surface area contributed by atoms with Crippen LogP contribution in [0.4, 0.5) is 0 Å². The molecule has 2 heterocycles. The van der Waals surface area contributed by atoms with Crippen molar-refractivity contribution < 1.29 is 25.3 Å². The second-order valence-corrected chi connectivity index (χ2v) is 13.2. The van der Waals surface area contributed by atoms with E-state index in [4.69, 9.17) is 11.6 Å². The minimum Gasteiger partial charge on any atom is -0.237 e. The zero-order chi connectivity index (χ0) is 19.2. The van der Waals surface area contributed by atoms with Crippen LogP contribution in [0.15, 0.2) is 29.2 Å². The first-order valence-corrected chi connectivity index (χ1v) is 13.4. The Morgan fingerprint density at radius 3 is 2.04 bits per heavy atom. The van der Waals surface area contributed by atoms with Crippen molar-refractivity contribution in [1.29, 1.82) is 0 Å². The second-order valence-electron chi connectivity index (χ2n) is 6.54. The van der Waals surface area contributed by atoms with Crippen LogP contribution >= 0.6 is 11.6 Å². The molecule has 8 nitrogen and oxygen atoms in total. The highest BCUT2D eigenvalue weighted by Crippen LogP contribution is 2.26. The van der Waals surface area contributed by atoms with Crippen molar-refractivity contribution in [3.8, 4) is 0 Å². The van der Waals surface area contributed by atoms with E-state index in [1.165, 1.54) is 24.3 Å². The number of hydrogen-bond donors (Lipinski definition) is 1. The summed E-state index contributed by atoms with van der Waals surface area (Å²) in [4.78, 5) is -0.0421. The highest BCUT2D eigenvalue weighted by Gasteiger charge is 2.41. The van der Waals surface area contributed by atoms with E-state index in [-0.39, 0.29) is 40.7 Å². The molecule has 1 N–H and O–H groups in total. The van der Waals surface area contributed by atoms with Gasteiger partial charge >= 0.3 is 0 Å². The van der Waals surface area contributed by atoms with Gasteiger partial charge in [0.25, 0.3) is 10.0 Å². The van der Waals surface area contributed by atoms with Gasteiger partial charge in [-0.25, -0.2) is 30.7 Å². The van der Waals surface area contributed by atoms with Crippen molar-refractivity contribution in [3.63, 3.8) is 0 Å². The van der Waals surface area contributed by atoms with Gasteiger partial charge in [0.05, 0.1) is 33.9 Å². The minimum absolute atomic E-state index is 0.0253. The molecule has 2 atom stereocenters. The van der Waals surface area contributed by atoms with E-state index in [1.807, 2.05) is 0 Å². The molecule has 0 aliphatic carbocycles. The molecule has 2 fully saturated rings. The van der Waals surface area contributed by atoms with E-state index in [2.05, 4.69) is 5.43 Å². The molecule has 0 unspecified atom stereocenters. The largest absolute Gasteiger partial charge is 0.256 e. The Hall–Kier alpha value is -0.720. The molecule has 0 aromatic heterocycles. The molecular formula is C14H19ClN2O6S3. The zero-order valence-electron chi connectivity index (χ0n) is 13.7. The van der Waals surface area contributed by atoms with Crippen molar-refractivity contribution in [3.05, 3.63) is 29.3 Å². The zero-order valence-corrected chi connectivity index (χ0v) is 16.9. The first-order chi connectivity index (χ1) is 12.0. The molecule has 0 bridgehead atoms. The van der Waals surface area contributed by atoms with Crippen LogP contribution in [0.3, 0.4) is 0 Å². The molecule has 1 aromatic carbocycles. The van der Waals surface area contributed by atoms with Crippen LogP contribution in [0.1, 0.15) is 12.8 Å². The Labute approximate surface area is 158 Å². The average molecular weight is 443 g/mol. The van der Waals surface area contributed by atoms with Crippen LogP contribution in [0, 0.1) is 0 Å². The highest BCUT2D eigenvalue weighted by molar-refractivity contribution is 7.92. The fourth-order valence-corrected chi connectivity index (χ4v) is 8.28. The summed E-state index contributed by atoms with van der Waals surface area (Å²) < 4.78 is 74.1. The molecule has 12 heteroatoms. The van der Waals surface area contributed by atoms with Crippen LogP contribution in [-0.2, 0) is 29.7 Å². The number of nitrogens with zero attached hydrogens (tertiary/aromatic N) is 1. The first-order valence-electron chi connectivity index (χ1n) is 7.96. The third kappa shape index (κ3) is 4.39. The summed E-state index contributed by atoms with van der Waals surface area (Å²) in [6.07, 6.45) is 0.427. The van der Waals surface area contributed by atoms with E-state index in [9.17, 15) is 25.3 Å². The summed E-state index contributed by atoms with van der Waals surface area (Å²) in [6.45, 7) is 0. The third-order valence-corrected chi connectivity index (χ3v) is 10.0. The number of nitrogens with one attached hydrogen (secondary N) is 1. The fraction of sp³-hybridized carbons (Fsp3) is 0.571. The van der Waals surface area contributed by atoms with Crippen molar-refractivity contribution in [2.45, 2.75) is 29.8 Å². The van der Waals surface area contributed by atoms with E-state index < -0.39 is 41.8 Å². The number of benzene rings is 1. The molecule has 0 amide bonds. The van der Waals surface area contributed by atoms with Crippen LogP contribution < -0.4 is 5.43 Å². The lowest BCUT2D eigenvalue weighted by atomic mass is 10.2. The summed E-state index contributed by atoms with van der Waals surface area (Å²) in [5.41, 5.74) is 2.77. The van der Waals surface area contributed by atoms with Crippen LogP contribution in [0.5, 0.6) is 0 Å².